The maximum Gasteiger partial charge on any atom is 0.183 e. The molecule has 0 aliphatic rings. The van der Waals surface area contributed by atoms with Crippen LogP contribution in [0.5, 0.6) is 0 Å². The van der Waals surface area contributed by atoms with Crippen molar-refractivity contribution in [2.75, 3.05) is 27.3 Å². The van der Waals surface area contributed by atoms with E-state index in [9.17, 15) is 4.79 Å². The molecule has 0 aliphatic carbocycles. The van der Waals surface area contributed by atoms with Crippen molar-refractivity contribution >= 4 is 5.78 Å². The Morgan fingerprint density at radius 1 is 1.50 bits per heavy atom. The summed E-state index contributed by atoms with van der Waals surface area (Å²) in [5.74, 6) is -0.739. The van der Waals surface area contributed by atoms with Gasteiger partial charge in [-0.3, -0.25) is 4.79 Å². The summed E-state index contributed by atoms with van der Waals surface area (Å²) in [4.78, 5) is 10.8. The lowest BCUT2D eigenvalue weighted by molar-refractivity contribution is -0.126. The van der Waals surface area contributed by atoms with Gasteiger partial charge in [-0.25, -0.2) is 0 Å². The average Bonchev–Trinajstić information content (AvgIpc) is 1.94. The Morgan fingerprint density at radius 3 is 2.38 bits per heavy atom. The smallest absolute Gasteiger partial charge is 0.183 e. The third kappa shape index (κ3) is 3.77. The first-order valence-electron chi connectivity index (χ1n) is 4.90. The fourth-order valence-corrected chi connectivity index (χ4v) is 0.203. The molecule has 48 valence electrons. The van der Waals surface area contributed by atoms with E-state index in [1.54, 1.807) is 0 Å². The molecule has 0 rings (SSSR count). The molecule has 3 heteroatoms. The van der Waals surface area contributed by atoms with E-state index in [0.29, 0.717) is 0 Å². The van der Waals surface area contributed by atoms with Crippen molar-refractivity contribution < 1.29 is 22.5 Å². The van der Waals surface area contributed by atoms with Gasteiger partial charge in [-0.2, -0.15) is 0 Å². The van der Waals surface area contributed by atoms with Gasteiger partial charge in [-0.05, 0) is 0 Å². The normalized spacial score (nSPS) is 23.5. The van der Waals surface area contributed by atoms with Gasteiger partial charge in [0.2, 0.25) is 0 Å². The monoisotopic (exact) mass is 124 g/mol. The number of rotatable bonds is 4. The Morgan fingerprint density at radius 2 is 2.00 bits per heavy atom. The molecule has 0 bridgehead atoms. The van der Waals surface area contributed by atoms with Crippen LogP contribution in [-0.2, 0) is 14.3 Å². The standard InChI is InChI=1S/C5H10O3/c1-7-3-5(6)4-8-2/h3-4H2,1-2H3/i1D3,2D3. The zero-order valence-corrected chi connectivity index (χ0v) is 4.14. The molecule has 3 nitrogen and oxygen atoms in total. The van der Waals surface area contributed by atoms with E-state index in [1.165, 1.54) is 0 Å². The molecule has 0 amide bonds. The van der Waals surface area contributed by atoms with Crippen LogP contribution in [0.15, 0.2) is 0 Å². The van der Waals surface area contributed by atoms with E-state index < -0.39 is 33.1 Å². The molecular formula is C5H10O3. The highest BCUT2D eigenvalue weighted by molar-refractivity contribution is 5.80. The Balaban J connectivity index is 3.68. The van der Waals surface area contributed by atoms with Crippen LogP contribution in [-0.4, -0.2) is 33.1 Å². The summed E-state index contributed by atoms with van der Waals surface area (Å²) >= 11 is 0. The van der Waals surface area contributed by atoms with Crippen LogP contribution in [0.25, 0.3) is 0 Å². The molecule has 0 spiro atoms. The average molecular weight is 124 g/mol. The Bertz CT molecular complexity index is 175. The second kappa shape index (κ2) is 4.74. The lowest BCUT2D eigenvalue weighted by Gasteiger charge is -1.94. The quantitative estimate of drug-likeness (QED) is 0.522. The molecule has 8 heavy (non-hydrogen) atoms. The van der Waals surface area contributed by atoms with Crippen molar-refractivity contribution in [3.63, 3.8) is 0 Å². The molecule has 0 heterocycles. The predicted octanol–water partition coefficient (Wildman–Crippen LogP) is -0.152. The fraction of sp³-hybridized carbons (Fsp3) is 0.800. The SMILES string of the molecule is [2H]C([2H])([2H])OCC(=O)COC([2H])([2H])[2H]. The molecule has 0 N–H and O–H groups in total. The van der Waals surface area contributed by atoms with Crippen LogP contribution in [0.1, 0.15) is 8.22 Å². The van der Waals surface area contributed by atoms with E-state index in [-0.39, 0.29) is 0 Å². The summed E-state index contributed by atoms with van der Waals surface area (Å²) < 4.78 is 47.8. The minimum atomic E-state index is -2.66. The highest BCUT2D eigenvalue weighted by atomic mass is 16.5. The topological polar surface area (TPSA) is 35.5 Å². The van der Waals surface area contributed by atoms with Crippen LogP contribution < -0.4 is 0 Å². The first kappa shape index (κ1) is 2.08. The van der Waals surface area contributed by atoms with E-state index in [0.717, 1.165) is 0 Å². The fourth-order valence-electron chi connectivity index (χ4n) is 0.203. The second-order valence-corrected chi connectivity index (χ2v) is 1.12. The second-order valence-electron chi connectivity index (χ2n) is 1.12. The number of carbonyl (C=O) groups is 1. The van der Waals surface area contributed by atoms with Crippen molar-refractivity contribution in [3.05, 3.63) is 0 Å². The van der Waals surface area contributed by atoms with E-state index in [2.05, 4.69) is 9.47 Å². The maximum absolute atomic E-state index is 10.8. The van der Waals surface area contributed by atoms with Gasteiger partial charge in [0.1, 0.15) is 13.2 Å². The summed E-state index contributed by atoms with van der Waals surface area (Å²) in [5, 5.41) is 0. The minimum Gasteiger partial charge on any atom is -0.377 e. The Kier molecular flexibility index (Phi) is 1.23. The summed E-state index contributed by atoms with van der Waals surface area (Å²) in [7, 11) is -5.31. The number of ketones is 1. The van der Waals surface area contributed by atoms with Gasteiger partial charge < -0.3 is 9.47 Å². The van der Waals surface area contributed by atoms with Gasteiger partial charge in [0.15, 0.2) is 5.78 Å². The summed E-state index contributed by atoms with van der Waals surface area (Å²) in [5.41, 5.74) is 0. The molecule has 0 aromatic heterocycles. The Labute approximate surface area is 57.0 Å². The number of Topliss-reactive ketones (excluding diaryl/α,β-unsaturated/α-hetero) is 1. The predicted molar refractivity (Wildman–Crippen MR) is 28.8 cm³/mol. The van der Waals surface area contributed by atoms with Crippen molar-refractivity contribution in [1.29, 1.82) is 0 Å². The number of ether oxygens (including phenoxy) is 2. The number of carbonyl (C=O) groups excluding carboxylic acids is 1. The van der Waals surface area contributed by atoms with Crippen LogP contribution in [0.2, 0.25) is 0 Å². The summed E-state index contributed by atoms with van der Waals surface area (Å²) in [6.45, 7) is -1.38. The van der Waals surface area contributed by atoms with Gasteiger partial charge in [-0.1, -0.05) is 0 Å². The third-order valence-corrected chi connectivity index (χ3v) is 0.466. The van der Waals surface area contributed by atoms with Crippen LogP contribution in [0.4, 0.5) is 0 Å². The van der Waals surface area contributed by atoms with E-state index in [4.69, 9.17) is 8.22 Å². The molecule has 0 aromatic carbocycles. The lowest BCUT2D eigenvalue weighted by Crippen LogP contribution is -2.12. The molecule has 0 atom stereocenters. The zero-order chi connectivity index (χ0) is 11.4. The first-order chi connectivity index (χ1) is 6.10. The molecule has 0 radical (unpaired) electrons. The maximum atomic E-state index is 10.8. The van der Waals surface area contributed by atoms with Gasteiger partial charge >= 0.3 is 0 Å². The zero-order valence-electron chi connectivity index (χ0n) is 10.1. The van der Waals surface area contributed by atoms with Crippen molar-refractivity contribution in [3.8, 4) is 0 Å². The highest BCUT2D eigenvalue weighted by Crippen LogP contribution is 1.73. The Hall–Kier alpha value is -0.410. The molecule has 0 fully saturated rings. The van der Waals surface area contributed by atoms with Crippen LogP contribution >= 0.6 is 0 Å². The molecular weight excluding hydrogens is 108 g/mol. The van der Waals surface area contributed by atoms with Crippen molar-refractivity contribution in [2.24, 2.45) is 0 Å². The largest absolute Gasteiger partial charge is 0.377 e. The number of hydrogen-bond donors (Lipinski definition) is 0. The summed E-state index contributed by atoms with van der Waals surface area (Å²) in [6, 6.07) is 0. The number of hydrogen-bond acceptors (Lipinski definition) is 3. The van der Waals surface area contributed by atoms with Gasteiger partial charge in [0, 0.05) is 14.1 Å². The first-order valence-corrected chi connectivity index (χ1v) is 1.90. The van der Waals surface area contributed by atoms with E-state index in [1.807, 2.05) is 0 Å². The third-order valence-electron chi connectivity index (χ3n) is 0.466. The van der Waals surface area contributed by atoms with Crippen molar-refractivity contribution in [2.45, 2.75) is 0 Å². The minimum absolute atomic E-state index is 0.688. The molecule has 0 unspecified atom stereocenters. The van der Waals surface area contributed by atoms with Gasteiger partial charge in [0.25, 0.3) is 0 Å². The molecule has 0 saturated carbocycles. The van der Waals surface area contributed by atoms with Crippen LogP contribution in [0, 0.1) is 0 Å². The summed E-state index contributed by atoms with van der Waals surface area (Å²) in [6.07, 6.45) is 0. The van der Waals surface area contributed by atoms with Crippen molar-refractivity contribution in [1.82, 2.24) is 0 Å². The lowest BCUT2D eigenvalue weighted by atomic mass is 10.4. The van der Waals surface area contributed by atoms with E-state index >= 15 is 0 Å². The van der Waals surface area contributed by atoms with Crippen LogP contribution in [0.3, 0.4) is 0 Å². The molecule has 0 saturated heterocycles. The highest BCUT2D eigenvalue weighted by Gasteiger charge is 1.96. The number of methoxy groups -OCH3 is 2. The van der Waals surface area contributed by atoms with Gasteiger partial charge in [-0.15, -0.1) is 0 Å². The molecule has 0 aromatic rings. The van der Waals surface area contributed by atoms with Gasteiger partial charge in [0.05, 0.1) is 8.22 Å². The molecule has 0 aliphatic heterocycles.